The minimum Gasteiger partial charge on any atom is -0.467 e. The van der Waals surface area contributed by atoms with Crippen molar-refractivity contribution in [2.24, 2.45) is 0 Å². The summed E-state index contributed by atoms with van der Waals surface area (Å²) < 4.78 is 8.67. The maximum Gasteiger partial charge on any atom is 0.192 e. The Morgan fingerprint density at radius 2 is 1.89 bits per heavy atom. The SMILES string of the molecule is Clc1cccc(-c2nnc(SCc3ccc(Br)cc3)n2Cc2ccco2)c1. The fourth-order valence-corrected chi connectivity index (χ4v) is 4.01. The van der Waals surface area contributed by atoms with E-state index in [1.54, 1.807) is 18.0 Å². The molecule has 4 rings (SSSR count). The molecule has 136 valence electrons. The lowest BCUT2D eigenvalue weighted by Crippen LogP contribution is -2.03. The molecule has 4 nitrogen and oxygen atoms in total. The first-order valence-electron chi connectivity index (χ1n) is 8.28. The predicted octanol–water partition coefficient (Wildman–Crippen LogP) is 6.29. The van der Waals surface area contributed by atoms with Crippen LogP contribution < -0.4 is 0 Å². The van der Waals surface area contributed by atoms with Crippen LogP contribution in [-0.2, 0) is 12.3 Å². The summed E-state index contributed by atoms with van der Waals surface area (Å²) in [4.78, 5) is 0. The lowest BCUT2D eigenvalue weighted by molar-refractivity contribution is 0.485. The van der Waals surface area contributed by atoms with Crippen molar-refractivity contribution in [1.29, 1.82) is 0 Å². The van der Waals surface area contributed by atoms with Crippen molar-refractivity contribution in [2.45, 2.75) is 17.5 Å². The van der Waals surface area contributed by atoms with Gasteiger partial charge in [0.25, 0.3) is 0 Å². The lowest BCUT2D eigenvalue weighted by atomic mass is 10.2. The van der Waals surface area contributed by atoms with Gasteiger partial charge in [-0.3, -0.25) is 4.57 Å². The second-order valence-corrected chi connectivity index (χ2v) is 8.19. The number of benzene rings is 2. The molecule has 0 saturated heterocycles. The summed E-state index contributed by atoms with van der Waals surface area (Å²) in [5.74, 6) is 2.43. The third-order valence-electron chi connectivity index (χ3n) is 3.97. The third-order valence-corrected chi connectivity index (χ3v) is 5.78. The molecule has 0 aliphatic carbocycles. The first kappa shape index (κ1) is 18.3. The van der Waals surface area contributed by atoms with Gasteiger partial charge in [-0.05, 0) is 42.0 Å². The zero-order valence-electron chi connectivity index (χ0n) is 14.2. The largest absolute Gasteiger partial charge is 0.467 e. The molecule has 0 bridgehead atoms. The number of thioether (sulfide) groups is 1. The topological polar surface area (TPSA) is 43.9 Å². The zero-order chi connectivity index (χ0) is 18.6. The molecule has 0 radical (unpaired) electrons. The Labute approximate surface area is 174 Å². The van der Waals surface area contributed by atoms with E-state index in [0.717, 1.165) is 32.5 Å². The Morgan fingerprint density at radius 1 is 1.04 bits per heavy atom. The van der Waals surface area contributed by atoms with E-state index >= 15 is 0 Å². The highest BCUT2D eigenvalue weighted by molar-refractivity contribution is 9.10. The predicted molar refractivity (Wildman–Crippen MR) is 112 cm³/mol. The molecule has 2 aromatic heterocycles. The molecular formula is C20H15BrClN3OS. The number of nitrogens with zero attached hydrogens (tertiary/aromatic N) is 3. The molecule has 2 heterocycles. The molecular weight excluding hydrogens is 446 g/mol. The highest BCUT2D eigenvalue weighted by Gasteiger charge is 2.16. The number of halogens is 2. The molecule has 0 fully saturated rings. The number of rotatable bonds is 6. The molecule has 0 spiro atoms. The van der Waals surface area contributed by atoms with E-state index in [-0.39, 0.29) is 0 Å². The van der Waals surface area contributed by atoms with Gasteiger partial charge >= 0.3 is 0 Å². The first-order valence-corrected chi connectivity index (χ1v) is 10.4. The van der Waals surface area contributed by atoms with Gasteiger partial charge in [0.15, 0.2) is 11.0 Å². The van der Waals surface area contributed by atoms with Gasteiger partial charge in [-0.15, -0.1) is 10.2 Å². The van der Waals surface area contributed by atoms with Crippen LogP contribution in [0.4, 0.5) is 0 Å². The minimum atomic E-state index is 0.560. The molecule has 0 N–H and O–H groups in total. The van der Waals surface area contributed by atoms with Gasteiger partial charge in [-0.1, -0.05) is 63.6 Å². The Bertz CT molecular complexity index is 1030. The van der Waals surface area contributed by atoms with Crippen molar-refractivity contribution in [3.8, 4) is 11.4 Å². The van der Waals surface area contributed by atoms with Crippen molar-refractivity contribution in [2.75, 3.05) is 0 Å². The van der Waals surface area contributed by atoms with Crippen LogP contribution in [0.15, 0.2) is 81.0 Å². The van der Waals surface area contributed by atoms with Gasteiger partial charge < -0.3 is 4.42 Å². The van der Waals surface area contributed by atoms with E-state index in [1.165, 1.54) is 5.56 Å². The molecule has 0 aliphatic rings. The molecule has 0 saturated carbocycles. The summed E-state index contributed by atoms with van der Waals surface area (Å²) in [6, 6.07) is 19.8. The van der Waals surface area contributed by atoms with E-state index in [1.807, 2.05) is 48.5 Å². The molecule has 7 heteroatoms. The van der Waals surface area contributed by atoms with Crippen molar-refractivity contribution in [3.05, 3.63) is 87.7 Å². The Morgan fingerprint density at radius 3 is 2.63 bits per heavy atom. The standard InChI is InChI=1S/C20H15BrClN3OS/c21-16-8-6-14(7-9-16)13-27-20-24-23-19(15-3-1-4-17(22)11-15)25(20)12-18-5-2-10-26-18/h1-11H,12-13H2. The van der Waals surface area contributed by atoms with Gasteiger partial charge in [0.1, 0.15) is 5.76 Å². The van der Waals surface area contributed by atoms with E-state index < -0.39 is 0 Å². The second kappa shape index (κ2) is 8.33. The quantitative estimate of drug-likeness (QED) is 0.317. The second-order valence-electron chi connectivity index (χ2n) is 5.90. The average molecular weight is 461 g/mol. The van der Waals surface area contributed by atoms with Crippen LogP contribution in [0, 0.1) is 0 Å². The maximum atomic E-state index is 6.17. The van der Waals surface area contributed by atoms with Crippen molar-refractivity contribution >= 4 is 39.3 Å². The lowest BCUT2D eigenvalue weighted by Gasteiger charge is -2.09. The van der Waals surface area contributed by atoms with Crippen molar-refractivity contribution in [1.82, 2.24) is 14.8 Å². The van der Waals surface area contributed by atoms with Gasteiger partial charge in [0.2, 0.25) is 0 Å². The number of aromatic nitrogens is 3. The monoisotopic (exact) mass is 459 g/mol. The van der Waals surface area contributed by atoms with Crippen LogP contribution >= 0.6 is 39.3 Å². The third kappa shape index (κ3) is 4.46. The van der Waals surface area contributed by atoms with Crippen LogP contribution in [0.25, 0.3) is 11.4 Å². The number of hydrogen-bond donors (Lipinski definition) is 0. The first-order chi connectivity index (χ1) is 13.2. The Kier molecular flexibility index (Phi) is 5.66. The van der Waals surface area contributed by atoms with E-state index in [4.69, 9.17) is 16.0 Å². The van der Waals surface area contributed by atoms with Gasteiger partial charge in [-0.25, -0.2) is 0 Å². The molecule has 0 atom stereocenters. The summed E-state index contributed by atoms with van der Waals surface area (Å²) in [5, 5.41) is 10.3. The minimum absolute atomic E-state index is 0.560. The van der Waals surface area contributed by atoms with E-state index in [0.29, 0.717) is 11.6 Å². The Balaban J connectivity index is 1.65. The van der Waals surface area contributed by atoms with Gasteiger partial charge in [0, 0.05) is 20.8 Å². The number of furan rings is 1. The summed E-state index contributed by atoms with van der Waals surface area (Å²) in [6.45, 7) is 0.560. The summed E-state index contributed by atoms with van der Waals surface area (Å²) in [5.41, 5.74) is 2.15. The average Bonchev–Trinajstić information content (AvgIpc) is 3.32. The van der Waals surface area contributed by atoms with Crippen LogP contribution in [-0.4, -0.2) is 14.8 Å². The van der Waals surface area contributed by atoms with Crippen LogP contribution in [0.5, 0.6) is 0 Å². The summed E-state index contributed by atoms with van der Waals surface area (Å²) >= 11 is 11.3. The molecule has 4 aromatic rings. The molecule has 0 aliphatic heterocycles. The van der Waals surface area contributed by atoms with E-state index in [9.17, 15) is 0 Å². The van der Waals surface area contributed by atoms with Crippen molar-refractivity contribution in [3.63, 3.8) is 0 Å². The molecule has 2 aromatic carbocycles. The van der Waals surface area contributed by atoms with Gasteiger partial charge in [-0.2, -0.15) is 0 Å². The summed E-state index contributed by atoms with van der Waals surface area (Å²) in [7, 11) is 0. The van der Waals surface area contributed by atoms with Gasteiger partial charge in [0.05, 0.1) is 12.8 Å². The number of hydrogen-bond acceptors (Lipinski definition) is 4. The maximum absolute atomic E-state index is 6.17. The zero-order valence-corrected chi connectivity index (χ0v) is 17.3. The summed E-state index contributed by atoms with van der Waals surface area (Å²) in [6.07, 6.45) is 1.67. The Hall–Kier alpha value is -2.02. The molecule has 0 amide bonds. The van der Waals surface area contributed by atoms with Crippen molar-refractivity contribution < 1.29 is 4.42 Å². The van der Waals surface area contributed by atoms with Crippen LogP contribution in [0.3, 0.4) is 0 Å². The fraction of sp³-hybridized carbons (Fsp3) is 0.100. The molecule has 0 unspecified atom stereocenters. The highest BCUT2D eigenvalue weighted by Crippen LogP contribution is 2.29. The van der Waals surface area contributed by atoms with Crippen LogP contribution in [0.1, 0.15) is 11.3 Å². The van der Waals surface area contributed by atoms with Crippen LogP contribution in [0.2, 0.25) is 5.02 Å². The normalized spacial score (nSPS) is 11.0. The highest BCUT2D eigenvalue weighted by atomic mass is 79.9. The molecule has 27 heavy (non-hydrogen) atoms. The van der Waals surface area contributed by atoms with E-state index in [2.05, 4.69) is 42.8 Å². The fourth-order valence-electron chi connectivity index (χ4n) is 2.67. The smallest absolute Gasteiger partial charge is 0.192 e.